The van der Waals surface area contributed by atoms with Crippen molar-refractivity contribution in [3.8, 4) is 22.5 Å². The zero-order chi connectivity index (χ0) is 47.8. The van der Waals surface area contributed by atoms with Gasteiger partial charge in [0.15, 0.2) is 5.78 Å². The van der Waals surface area contributed by atoms with Gasteiger partial charge in [-0.3, -0.25) is 9.18 Å². The molecule has 61 heavy (non-hydrogen) atoms. The van der Waals surface area contributed by atoms with Gasteiger partial charge in [0.1, 0.15) is 0 Å². The zero-order valence-corrected chi connectivity index (χ0v) is 40.9. The minimum atomic E-state index is -0.463. The van der Waals surface area contributed by atoms with E-state index in [-0.39, 0.29) is 85.2 Å². The number of allylic oxidation sites excluding steroid dienone is 2. The summed E-state index contributed by atoms with van der Waals surface area (Å²) in [4.78, 5) is 20.5. The first-order valence-electron chi connectivity index (χ1n) is 23.3. The van der Waals surface area contributed by atoms with E-state index in [0.29, 0.717) is 6.42 Å². The molecule has 4 aromatic carbocycles. The molecule has 0 spiro atoms. The van der Waals surface area contributed by atoms with Crippen molar-refractivity contribution in [1.82, 2.24) is 9.97 Å². The summed E-state index contributed by atoms with van der Waals surface area (Å²) in [5.41, 5.74) is 10.0. The van der Waals surface area contributed by atoms with Crippen molar-refractivity contribution in [1.29, 1.82) is 0 Å². The van der Waals surface area contributed by atoms with Crippen LogP contribution in [0, 0.1) is 51.7 Å². The van der Waals surface area contributed by atoms with Crippen LogP contribution in [0.3, 0.4) is 0 Å². The third-order valence-electron chi connectivity index (χ3n) is 10.9. The van der Waals surface area contributed by atoms with E-state index >= 15 is 0 Å². The Hall–Kier alpha value is -4.51. The number of pyridine rings is 2. The fourth-order valence-corrected chi connectivity index (χ4v) is 7.07. The van der Waals surface area contributed by atoms with E-state index in [1.807, 2.05) is 84.9 Å². The number of carbonyl (C=O) groups is 1. The van der Waals surface area contributed by atoms with Gasteiger partial charge in [-0.15, -0.1) is 69.8 Å². The molecule has 1 N–H and O–H groups in total. The molecule has 1 atom stereocenters. The van der Waals surface area contributed by atoms with Gasteiger partial charge >= 0.3 is 0 Å². The molecular formula is C55H67FIrN2O2-2. The number of halogens is 1. The SMILES string of the molecule is CCC(CC)C(=O)/C=C(\O)C(CC)CCF.[2H]c1nc(-c2[c-]c(C)cc(C(C)(C)C)c2)c2ccc(C)cc2c1[2H].[2H]c1nc(-c2[c-]c(C)cc(C(C)(C)C)c2)c2ccc(C)cc2c1[2H].[Ir]. The summed E-state index contributed by atoms with van der Waals surface area (Å²) < 4.78 is 44.7. The summed E-state index contributed by atoms with van der Waals surface area (Å²) in [6, 6.07) is 27.6. The molecule has 0 saturated heterocycles. The number of aliphatic hydroxyl groups excluding tert-OH is 1. The Balaban J connectivity index is 0.000000264. The average molecular weight is 1000 g/mol. The number of ketones is 1. The van der Waals surface area contributed by atoms with E-state index in [2.05, 4.69) is 87.9 Å². The molecule has 2 heterocycles. The van der Waals surface area contributed by atoms with E-state index in [1.165, 1.54) is 17.2 Å². The Kier molecular flexibility index (Phi) is 16.5. The maximum Gasteiger partial charge on any atom is 0.162 e. The van der Waals surface area contributed by atoms with Gasteiger partial charge in [-0.05, 0) is 95.4 Å². The van der Waals surface area contributed by atoms with Crippen LogP contribution in [0.1, 0.15) is 127 Å². The van der Waals surface area contributed by atoms with Crippen molar-refractivity contribution in [3.05, 3.63) is 142 Å². The minimum Gasteiger partial charge on any atom is -0.512 e. The summed E-state index contributed by atoms with van der Waals surface area (Å²) in [5.74, 6) is -0.245. The number of aryl methyl sites for hydroxylation is 4. The van der Waals surface area contributed by atoms with Gasteiger partial charge in [0, 0.05) is 50.4 Å². The van der Waals surface area contributed by atoms with Gasteiger partial charge in [0.05, 0.1) is 17.9 Å². The molecule has 6 aromatic rings. The molecule has 6 rings (SSSR count). The van der Waals surface area contributed by atoms with Gasteiger partial charge < -0.3 is 15.1 Å². The van der Waals surface area contributed by atoms with Crippen LogP contribution in [-0.2, 0) is 35.7 Å². The molecule has 2 aromatic heterocycles. The fraction of sp³-hybridized carbons (Fsp3) is 0.400. The van der Waals surface area contributed by atoms with Crippen molar-refractivity contribution < 1.29 is 39.9 Å². The molecular weight excluding hydrogens is 932 g/mol. The third kappa shape index (κ3) is 14.0. The minimum absolute atomic E-state index is 0. The maximum absolute atomic E-state index is 12.2. The topological polar surface area (TPSA) is 63.1 Å². The smallest absolute Gasteiger partial charge is 0.162 e. The molecule has 327 valence electrons. The number of hydrogen-bond acceptors (Lipinski definition) is 4. The number of carbonyl (C=O) groups excluding carboxylic acids is 1. The Morgan fingerprint density at radius 3 is 1.48 bits per heavy atom. The number of fused-ring (bicyclic) bond motifs is 2. The van der Waals surface area contributed by atoms with Crippen molar-refractivity contribution in [2.45, 2.75) is 127 Å². The van der Waals surface area contributed by atoms with E-state index in [1.54, 1.807) is 0 Å². The number of hydrogen-bond donors (Lipinski definition) is 1. The number of alkyl halides is 1. The standard InChI is InChI=1S/2C21H22N.C13H23FO2.Ir/c2*1-14-6-7-19-16(10-14)8-9-22-20(19)17-11-15(2)12-18(13-17)21(3,4)5;1-4-10(5-2)12(15)9-13(16)11(6-3)7-8-14;/h2*6-10,12-13H,1-5H3;9-11,16H,4-8H2,1-3H3;/q2*-1;;/b;;13-9-;/i2*8D,9D;;. The van der Waals surface area contributed by atoms with E-state index in [9.17, 15) is 14.3 Å². The van der Waals surface area contributed by atoms with Crippen LogP contribution in [-0.4, -0.2) is 27.5 Å². The van der Waals surface area contributed by atoms with Crippen LogP contribution in [0.15, 0.2) is 96.9 Å². The van der Waals surface area contributed by atoms with Crippen molar-refractivity contribution in [2.24, 2.45) is 11.8 Å². The van der Waals surface area contributed by atoms with Crippen LogP contribution in [0.25, 0.3) is 44.1 Å². The predicted octanol–water partition coefficient (Wildman–Crippen LogP) is 15.0. The summed E-state index contributed by atoms with van der Waals surface area (Å²) in [7, 11) is 0. The number of aromatic nitrogens is 2. The maximum atomic E-state index is 12.2. The second-order valence-electron chi connectivity index (χ2n) is 18.0. The number of benzene rings is 4. The Morgan fingerprint density at radius 1 is 0.705 bits per heavy atom. The second-order valence-corrected chi connectivity index (χ2v) is 18.0. The first kappa shape index (κ1) is 44.5. The molecule has 0 aliphatic rings. The molecule has 0 saturated carbocycles. The van der Waals surface area contributed by atoms with Crippen LogP contribution >= 0.6 is 0 Å². The van der Waals surface area contributed by atoms with Gasteiger partial charge in [0.25, 0.3) is 0 Å². The average Bonchev–Trinajstić information content (AvgIpc) is 3.22. The molecule has 6 heteroatoms. The second kappa shape index (κ2) is 22.5. The van der Waals surface area contributed by atoms with Crippen LogP contribution in [0.5, 0.6) is 0 Å². The number of aliphatic hydroxyl groups is 1. The van der Waals surface area contributed by atoms with Gasteiger partial charge in [-0.2, -0.15) is 0 Å². The summed E-state index contributed by atoms with van der Waals surface area (Å²) >= 11 is 0. The van der Waals surface area contributed by atoms with Crippen LogP contribution in [0.2, 0.25) is 0 Å². The van der Waals surface area contributed by atoms with Crippen LogP contribution in [0.4, 0.5) is 4.39 Å². The number of nitrogens with zero attached hydrogens (tertiary/aromatic N) is 2. The molecule has 1 unspecified atom stereocenters. The molecule has 0 aliphatic carbocycles. The van der Waals surface area contributed by atoms with Gasteiger partial charge in [0.2, 0.25) is 0 Å². The van der Waals surface area contributed by atoms with Crippen molar-refractivity contribution in [2.75, 3.05) is 6.67 Å². The number of rotatable bonds is 10. The molecule has 1 radical (unpaired) electrons. The Labute approximate surface area is 385 Å². The van der Waals surface area contributed by atoms with Crippen molar-refractivity contribution in [3.63, 3.8) is 0 Å². The molecule has 0 fully saturated rings. The van der Waals surface area contributed by atoms with Crippen LogP contribution < -0.4 is 0 Å². The summed E-state index contributed by atoms with van der Waals surface area (Å²) in [5, 5.41) is 13.1. The first-order chi connectivity index (χ1) is 29.9. The quantitative estimate of drug-likeness (QED) is 0.0844. The molecule has 0 bridgehead atoms. The molecule has 4 nitrogen and oxygen atoms in total. The van der Waals surface area contributed by atoms with E-state index < -0.39 is 6.67 Å². The van der Waals surface area contributed by atoms with E-state index in [4.69, 9.17) is 5.48 Å². The molecule has 0 amide bonds. The summed E-state index contributed by atoms with van der Waals surface area (Å²) in [6.07, 6.45) is 3.81. The Bertz CT molecular complexity index is 2490. The third-order valence-corrected chi connectivity index (χ3v) is 10.9. The van der Waals surface area contributed by atoms with E-state index in [0.717, 1.165) is 79.2 Å². The first-order valence-corrected chi connectivity index (χ1v) is 21.3. The van der Waals surface area contributed by atoms with Crippen molar-refractivity contribution >= 4 is 27.3 Å². The largest absolute Gasteiger partial charge is 0.512 e. The van der Waals surface area contributed by atoms with Gasteiger partial charge in [-0.25, -0.2) is 0 Å². The molecule has 0 aliphatic heterocycles. The fourth-order valence-electron chi connectivity index (χ4n) is 7.07. The van der Waals surface area contributed by atoms with Gasteiger partial charge in [-0.1, -0.05) is 124 Å². The predicted molar refractivity (Wildman–Crippen MR) is 253 cm³/mol. The summed E-state index contributed by atoms with van der Waals surface area (Å²) in [6.45, 7) is 26.5. The normalized spacial score (nSPS) is 13.2. The Morgan fingerprint density at radius 2 is 1.11 bits per heavy atom. The zero-order valence-electron chi connectivity index (χ0n) is 42.5. The monoisotopic (exact) mass is 1000 g/mol.